The van der Waals surface area contributed by atoms with Crippen molar-refractivity contribution < 1.29 is 14.7 Å². The number of hydrogen-bond acceptors (Lipinski definition) is 4. The summed E-state index contributed by atoms with van der Waals surface area (Å²) in [5.74, 6) is 3.67. The number of nitrogens with zero attached hydrogens (tertiary/aromatic N) is 1. The molecule has 0 bridgehead atoms. The molecule has 4 aliphatic rings. The maximum atomic E-state index is 11.5. The highest BCUT2D eigenvalue weighted by molar-refractivity contribution is 5.99. The van der Waals surface area contributed by atoms with Gasteiger partial charge in [0.15, 0.2) is 0 Å². The van der Waals surface area contributed by atoms with Crippen LogP contribution in [0.5, 0.6) is 0 Å². The molecule has 4 aliphatic carbocycles. The van der Waals surface area contributed by atoms with Crippen molar-refractivity contribution in [1.82, 2.24) is 0 Å². The van der Waals surface area contributed by atoms with Crippen LogP contribution < -0.4 is 0 Å². The van der Waals surface area contributed by atoms with Crippen LogP contribution in [0.4, 0.5) is 0 Å². The zero-order chi connectivity index (χ0) is 24.0. The van der Waals surface area contributed by atoms with Crippen molar-refractivity contribution in [1.29, 1.82) is 0 Å². The molecule has 0 heterocycles. The lowest BCUT2D eigenvalue weighted by atomic mass is 9.46. The van der Waals surface area contributed by atoms with E-state index in [1.54, 1.807) is 0 Å². The van der Waals surface area contributed by atoms with Gasteiger partial charge in [-0.3, -0.25) is 4.79 Å². The van der Waals surface area contributed by atoms with Gasteiger partial charge in [-0.2, -0.15) is 0 Å². The Morgan fingerprint density at radius 3 is 2.55 bits per heavy atom. The van der Waals surface area contributed by atoms with Gasteiger partial charge in [-0.15, -0.1) is 0 Å². The van der Waals surface area contributed by atoms with Crippen LogP contribution in [0, 0.1) is 46.3 Å². The molecule has 186 valence electrons. The van der Waals surface area contributed by atoms with E-state index >= 15 is 0 Å². The highest BCUT2D eigenvalue weighted by Gasteiger charge is 2.61. The molecule has 3 saturated carbocycles. The van der Waals surface area contributed by atoms with Crippen molar-refractivity contribution in [2.24, 2.45) is 51.5 Å². The lowest BCUT2D eigenvalue weighted by molar-refractivity contribution is -0.148. The number of rotatable bonds is 6. The van der Waals surface area contributed by atoms with Crippen molar-refractivity contribution in [2.45, 2.75) is 112 Å². The van der Waals surface area contributed by atoms with E-state index < -0.39 is 0 Å². The number of hydrogen-bond donors (Lipinski definition) is 1. The molecule has 0 aromatic carbocycles. The highest BCUT2D eigenvalue weighted by Crippen LogP contribution is 2.67. The molecule has 0 unspecified atom stereocenters. The Kier molecular flexibility index (Phi) is 7.05. The number of oxime groups is 1. The predicted molar refractivity (Wildman–Crippen MR) is 133 cm³/mol. The van der Waals surface area contributed by atoms with E-state index in [-0.39, 0.29) is 17.5 Å². The van der Waals surface area contributed by atoms with Crippen LogP contribution >= 0.6 is 0 Å². The van der Waals surface area contributed by atoms with Gasteiger partial charge in [0.25, 0.3) is 0 Å². The van der Waals surface area contributed by atoms with Crippen molar-refractivity contribution in [3.8, 4) is 0 Å². The normalized spacial score (nSPS) is 42.3. The standard InChI is InChI=1S/C29H47NO3/c1-18(2)8-7-9-19(3)23-10-11-24-27-25(13-15-29(23,24)6)28(5)14-12-22(33-20(4)31)16-21(28)17-26(27)30-32/h17-19,22-25,27,32H,7-16H2,1-6H3/b30-26+/t19-,22+,23+,24-,25-,27-,28+,29-/m1/s1. The third-order valence-corrected chi connectivity index (χ3v) is 10.6. The van der Waals surface area contributed by atoms with Crippen molar-refractivity contribution in [3.05, 3.63) is 11.6 Å². The first kappa shape index (κ1) is 24.8. The summed E-state index contributed by atoms with van der Waals surface area (Å²) in [5.41, 5.74) is 2.73. The summed E-state index contributed by atoms with van der Waals surface area (Å²) in [5, 5.41) is 14.0. The van der Waals surface area contributed by atoms with Crippen molar-refractivity contribution >= 4 is 11.7 Å². The summed E-state index contributed by atoms with van der Waals surface area (Å²) in [6.07, 6.45) is 14.1. The first-order valence-corrected chi connectivity index (χ1v) is 13.7. The summed E-state index contributed by atoms with van der Waals surface area (Å²) in [7, 11) is 0. The Hall–Kier alpha value is -1.32. The number of fused-ring (bicyclic) bond motifs is 5. The molecule has 4 rings (SSSR count). The number of ether oxygens (including phenoxy) is 1. The molecule has 3 fully saturated rings. The molecular weight excluding hydrogens is 410 g/mol. The van der Waals surface area contributed by atoms with Crippen molar-refractivity contribution in [3.63, 3.8) is 0 Å². The van der Waals surface area contributed by atoms with Gasteiger partial charge in [0.2, 0.25) is 0 Å². The van der Waals surface area contributed by atoms with Gasteiger partial charge < -0.3 is 9.94 Å². The molecule has 0 saturated heterocycles. The number of carbonyl (C=O) groups excluding carboxylic acids is 1. The minimum Gasteiger partial charge on any atom is -0.462 e. The summed E-state index contributed by atoms with van der Waals surface area (Å²) in [6, 6.07) is 0. The Balaban J connectivity index is 1.56. The lowest BCUT2D eigenvalue weighted by Gasteiger charge is -2.58. The Bertz CT molecular complexity index is 801. The van der Waals surface area contributed by atoms with Gasteiger partial charge in [-0.05, 0) is 85.0 Å². The molecule has 0 radical (unpaired) electrons. The fourth-order valence-electron chi connectivity index (χ4n) is 8.85. The molecule has 33 heavy (non-hydrogen) atoms. The molecular formula is C29H47NO3. The maximum absolute atomic E-state index is 11.5. The van der Waals surface area contributed by atoms with Crippen LogP contribution in [0.3, 0.4) is 0 Å². The van der Waals surface area contributed by atoms with Crippen LogP contribution in [-0.4, -0.2) is 23.0 Å². The minimum atomic E-state index is -0.193. The van der Waals surface area contributed by atoms with Crippen LogP contribution in [-0.2, 0) is 9.53 Å². The van der Waals surface area contributed by atoms with Crippen LogP contribution in [0.15, 0.2) is 16.8 Å². The van der Waals surface area contributed by atoms with Crippen LogP contribution in [0.2, 0.25) is 0 Å². The first-order valence-electron chi connectivity index (χ1n) is 13.7. The van der Waals surface area contributed by atoms with Crippen LogP contribution in [0.25, 0.3) is 0 Å². The molecule has 0 aromatic heterocycles. The topological polar surface area (TPSA) is 58.9 Å². The molecule has 4 nitrogen and oxygen atoms in total. The molecule has 0 aliphatic heterocycles. The largest absolute Gasteiger partial charge is 0.462 e. The van der Waals surface area contributed by atoms with Gasteiger partial charge in [-0.1, -0.05) is 64.6 Å². The molecule has 0 spiro atoms. The smallest absolute Gasteiger partial charge is 0.302 e. The van der Waals surface area contributed by atoms with Gasteiger partial charge in [0.1, 0.15) is 6.10 Å². The molecule has 8 atom stereocenters. The summed E-state index contributed by atoms with van der Waals surface area (Å²) >= 11 is 0. The second-order valence-corrected chi connectivity index (χ2v) is 12.9. The molecule has 1 N–H and O–H groups in total. The van der Waals surface area contributed by atoms with Crippen molar-refractivity contribution in [2.75, 3.05) is 0 Å². The zero-order valence-electron chi connectivity index (χ0n) is 21.9. The summed E-state index contributed by atoms with van der Waals surface area (Å²) in [6.45, 7) is 13.7. The van der Waals surface area contributed by atoms with E-state index in [9.17, 15) is 10.0 Å². The average molecular weight is 458 g/mol. The fraction of sp³-hybridized carbons (Fsp3) is 0.862. The average Bonchev–Trinajstić information content (AvgIpc) is 3.10. The SMILES string of the molecule is CC(=O)O[C@H]1CC[C@@]2(C)C(=C/C(=N\O)[C@@H]3[C@H]4CC[C@@H]([C@H](C)CCCC(C)C)[C@@]4(C)CC[C@H]32)C1. The first-order chi connectivity index (χ1) is 15.6. The quantitative estimate of drug-likeness (QED) is 0.257. The number of carbonyl (C=O) groups is 1. The van der Waals surface area contributed by atoms with E-state index in [1.165, 1.54) is 57.4 Å². The van der Waals surface area contributed by atoms with Crippen LogP contribution in [0.1, 0.15) is 106 Å². The molecule has 4 heteroatoms. The highest BCUT2D eigenvalue weighted by atomic mass is 16.5. The second kappa shape index (κ2) is 9.38. The van der Waals surface area contributed by atoms with E-state index in [1.807, 2.05) is 0 Å². The molecule has 0 amide bonds. The lowest BCUT2D eigenvalue weighted by Crippen LogP contribution is -2.54. The van der Waals surface area contributed by atoms with Gasteiger partial charge in [-0.25, -0.2) is 0 Å². The predicted octanol–water partition coefficient (Wildman–Crippen LogP) is 7.40. The maximum Gasteiger partial charge on any atom is 0.302 e. The zero-order valence-corrected chi connectivity index (χ0v) is 21.9. The number of esters is 1. The summed E-state index contributed by atoms with van der Waals surface area (Å²) < 4.78 is 5.58. The van der Waals surface area contributed by atoms with Gasteiger partial charge in [0.05, 0.1) is 5.71 Å². The van der Waals surface area contributed by atoms with E-state index in [4.69, 9.17) is 4.74 Å². The fourth-order valence-corrected chi connectivity index (χ4v) is 8.85. The third kappa shape index (κ3) is 4.41. The van der Waals surface area contributed by atoms with Gasteiger partial charge in [0, 0.05) is 19.3 Å². The third-order valence-electron chi connectivity index (χ3n) is 10.6. The van der Waals surface area contributed by atoms with E-state index in [0.29, 0.717) is 23.2 Å². The number of allylic oxidation sites excluding steroid dienone is 1. The Morgan fingerprint density at radius 2 is 1.88 bits per heavy atom. The Morgan fingerprint density at radius 1 is 1.12 bits per heavy atom. The monoisotopic (exact) mass is 457 g/mol. The van der Waals surface area contributed by atoms with Gasteiger partial charge >= 0.3 is 5.97 Å². The van der Waals surface area contributed by atoms with E-state index in [0.717, 1.165) is 42.7 Å². The Labute approximate surface area is 201 Å². The van der Waals surface area contributed by atoms with E-state index in [2.05, 4.69) is 45.9 Å². The molecule has 0 aromatic rings. The summed E-state index contributed by atoms with van der Waals surface area (Å²) in [4.78, 5) is 11.5. The second-order valence-electron chi connectivity index (χ2n) is 12.9. The minimum absolute atomic E-state index is 0.0327.